The van der Waals surface area contributed by atoms with E-state index >= 15 is 0 Å². The van der Waals surface area contributed by atoms with Gasteiger partial charge < -0.3 is 0 Å². The Balaban J connectivity index is 2.23. The van der Waals surface area contributed by atoms with Crippen molar-refractivity contribution in [1.82, 2.24) is 7.36 Å². The zero-order chi connectivity index (χ0) is 10.6. The van der Waals surface area contributed by atoms with Crippen LogP contribution in [0.1, 0.15) is 12.1 Å². The Morgan fingerprint density at radius 2 is 2.36 bits per heavy atom. The van der Waals surface area contributed by atoms with Gasteiger partial charge in [-0.05, 0) is 0 Å². The van der Waals surface area contributed by atoms with Crippen LogP contribution < -0.4 is 0 Å². The Morgan fingerprint density at radius 3 is 2.86 bits per heavy atom. The molecule has 0 aliphatic carbocycles. The van der Waals surface area contributed by atoms with E-state index in [0.29, 0.717) is 6.42 Å². The fourth-order valence-electron chi connectivity index (χ4n) is 0.972. The minimum absolute atomic E-state index is 0.231. The summed E-state index contributed by atoms with van der Waals surface area (Å²) < 4.78 is 27.8. The molecule has 0 amide bonds. The predicted octanol–water partition coefficient (Wildman–Crippen LogP) is -0.277. The maximum atomic E-state index is 10.6. The van der Waals surface area contributed by atoms with Gasteiger partial charge in [-0.15, -0.1) is 0 Å². The Hall–Kier alpha value is 0.0421. The van der Waals surface area contributed by atoms with Gasteiger partial charge in [0.2, 0.25) is 0 Å². The van der Waals surface area contributed by atoms with Crippen molar-refractivity contribution in [3.8, 4) is 0 Å². The third kappa shape index (κ3) is 5.06. The topological polar surface area (TPSA) is 61.2 Å². The molecule has 7 heteroatoms. The van der Waals surface area contributed by atoms with Crippen LogP contribution in [0.4, 0.5) is 0 Å². The zero-order valence-corrected chi connectivity index (χ0v) is 13.2. The summed E-state index contributed by atoms with van der Waals surface area (Å²) in [6.07, 6.45) is 6.26. The van der Waals surface area contributed by atoms with E-state index in [1.54, 1.807) is 6.33 Å². The first-order chi connectivity index (χ1) is 6.47. The summed E-state index contributed by atoms with van der Waals surface area (Å²) in [4.78, 5) is 4.15. The van der Waals surface area contributed by atoms with Crippen LogP contribution in [0.25, 0.3) is 0 Å². The number of imidazole rings is 1. The molecule has 5 nitrogen and oxygen atoms in total. The van der Waals surface area contributed by atoms with Gasteiger partial charge in [0.1, 0.15) is 0 Å². The molecule has 0 N–H and O–H groups in total. The molecule has 1 heterocycles. The zero-order valence-electron chi connectivity index (χ0n) is 7.88. The van der Waals surface area contributed by atoms with E-state index in [9.17, 15) is 8.42 Å². The van der Waals surface area contributed by atoms with Crippen molar-refractivity contribution in [2.24, 2.45) is 0 Å². The molecule has 0 fully saturated rings. The summed E-state index contributed by atoms with van der Waals surface area (Å²) in [5, 5.41) is 0. The Bertz CT molecular complexity index is 387. The Kier molecular flexibility index (Phi) is 4.51. The summed E-state index contributed by atoms with van der Waals surface area (Å²) in [5.41, 5.74) is 0.990. The molecule has 14 heavy (non-hydrogen) atoms. The number of aryl methyl sites for hydroxylation is 1. The van der Waals surface area contributed by atoms with Gasteiger partial charge in [-0.3, -0.25) is 0 Å². The summed E-state index contributed by atoms with van der Waals surface area (Å²) in [6.45, 7) is 0.231. The van der Waals surface area contributed by atoms with Gasteiger partial charge in [0.05, 0.1) is 0 Å². The molecule has 1 rings (SSSR count). The molecular formula is C7H11N2O3STl. The first kappa shape index (κ1) is 12.1. The first-order valence-corrected chi connectivity index (χ1v) is 7.92. The van der Waals surface area contributed by atoms with E-state index in [4.69, 9.17) is 0 Å². The summed E-state index contributed by atoms with van der Waals surface area (Å²) in [7, 11) is -3.29. The molecular weight excluding hydrogens is 397 g/mol. The van der Waals surface area contributed by atoms with E-state index in [-0.39, 0.29) is 6.61 Å². The third-order valence-corrected chi connectivity index (χ3v) is 3.22. The van der Waals surface area contributed by atoms with E-state index in [2.05, 4.69) is 9.17 Å². The van der Waals surface area contributed by atoms with Crippen molar-refractivity contribution in [3.63, 3.8) is 0 Å². The molecule has 0 atom stereocenters. The molecule has 0 spiro atoms. The maximum absolute atomic E-state index is 10.6. The van der Waals surface area contributed by atoms with Crippen LogP contribution in [0.5, 0.6) is 0 Å². The number of hydrogen-bond acceptors (Lipinski definition) is 4. The Labute approximate surface area is 99.7 Å². The van der Waals surface area contributed by atoms with Crippen molar-refractivity contribution in [2.45, 2.75) is 12.8 Å². The van der Waals surface area contributed by atoms with Gasteiger partial charge in [0.25, 0.3) is 0 Å². The molecule has 0 aliphatic rings. The first-order valence-electron chi connectivity index (χ1n) is 4.10. The van der Waals surface area contributed by atoms with Crippen LogP contribution in [0.2, 0.25) is 0 Å². The molecule has 1 aromatic rings. The number of rotatable bonds is 5. The van der Waals surface area contributed by atoms with E-state index in [0.717, 1.165) is 44.4 Å². The van der Waals surface area contributed by atoms with Crippen LogP contribution in [-0.4, -0.2) is 54.7 Å². The van der Waals surface area contributed by atoms with Crippen LogP contribution in [0.3, 0.4) is 0 Å². The van der Waals surface area contributed by atoms with Gasteiger partial charge in [-0.25, -0.2) is 0 Å². The average molecular weight is 408 g/mol. The summed E-state index contributed by atoms with van der Waals surface area (Å²) >= 11 is 0.730. The normalized spacial score (nSPS) is 11.7. The summed E-state index contributed by atoms with van der Waals surface area (Å²) in [5.74, 6) is 0. The van der Waals surface area contributed by atoms with Gasteiger partial charge in [0, 0.05) is 0 Å². The standard InChI is InChI=1S/C7H11N2O3S.Tl/c1-13(10,11)12-4-2-3-7-5-8-6-9-7;/h5-6H,2-4H2,1H3;/q-1;+1. The minimum atomic E-state index is -3.29. The quantitative estimate of drug-likeness (QED) is 0.383. The van der Waals surface area contributed by atoms with Crippen molar-refractivity contribution in [3.05, 3.63) is 18.2 Å². The average Bonchev–Trinajstić information content (AvgIpc) is 2.44. The second-order valence-corrected chi connectivity index (χ2v) is 6.90. The van der Waals surface area contributed by atoms with Crippen molar-refractivity contribution >= 4 is 36.2 Å². The van der Waals surface area contributed by atoms with Crippen LogP contribution in [-0.2, 0) is 20.7 Å². The predicted molar refractivity (Wildman–Crippen MR) is 52.5 cm³/mol. The van der Waals surface area contributed by atoms with Gasteiger partial charge in [-0.1, -0.05) is 0 Å². The fraction of sp³-hybridized carbons (Fsp3) is 0.571. The monoisotopic (exact) mass is 408 g/mol. The van der Waals surface area contributed by atoms with Gasteiger partial charge in [0.15, 0.2) is 0 Å². The van der Waals surface area contributed by atoms with Crippen molar-refractivity contribution in [1.29, 1.82) is 0 Å². The SMILES string of the molecule is CS(=O)(=O)OCCCc1c[n]([Tl])cn1. The number of nitrogens with zero attached hydrogens (tertiary/aromatic N) is 2. The number of aromatic nitrogens is 2. The number of hydrogen-bond donors (Lipinski definition) is 0. The van der Waals surface area contributed by atoms with E-state index in [1.165, 1.54) is 0 Å². The van der Waals surface area contributed by atoms with Gasteiger partial charge in [-0.2, -0.15) is 0 Å². The van der Waals surface area contributed by atoms with Gasteiger partial charge >= 0.3 is 100 Å². The molecule has 1 aromatic heterocycles. The van der Waals surface area contributed by atoms with Crippen LogP contribution >= 0.6 is 0 Å². The third-order valence-electron chi connectivity index (χ3n) is 1.53. The molecule has 0 unspecified atom stereocenters. The molecule has 76 valence electrons. The molecule has 0 aromatic carbocycles. The fourth-order valence-corrected chi connectivity index (χ4v) is 2.32. The second kappa shape index (κ2) is 5.22. The molecule has 0 saturated heterocycles. The molecule has 0 saturated carbocycles. The Morgan fingerprint density at radius 1 is 1.64 bits per heavy atom. The van der Waals surface area contributed by atoms with E-state index < -0.39 is 10.1 Å². The molecule has 0 aliphatic heterocycles. The molecule has 0 radical (unpaired) electrons. The van der Waals surface area contributed by atoms with Crippen molar-refractivity contribution in [2.75, 3.05) is 12.9 Å². The van der Waals surface area contributed by atoms with Crippen LogP contribution in [0, 0.1) is 0 Å². The summed E-state index contributed by atoms with van der Waals surface area (Å²) in [6, 6.07) is 0. The second-order valence-electron chi connectivity index (χ2n) is 2.94. The molecule has 0 bridgehead atoms. The van der Waals surface area contributed by atoms with Crippen molar-refractivity contribution < 1.29 is 12.6 Å². The van der Waals surface area contributed by atoms with Crippen LogP contribution in [0.15, 0.2) is 12.5 Å². The van der Waals surface area contributed by atoms with E-state index in [1.807, 2.05) is 8.57 Å².